The van der Waals surface area contributed by atoms with Gasteiger partial charge in [-0.15, -0.1) is 11.8 Å². The summed E-state index contributed by atoms with van der Waals surface area (Å²) in [6.45, 7) is 17.0. The summed E-state index contributed by atoms with van der Waals surface area (Å²) >= 11 is 1.59. The highest BCUT2D eigenvalue weighted by Crippen LogP contribution is 2.63. The minimum absolute atomic E-state index is 0.0264. The third kappa shape index (κ3) is 7.35. The Morgan fingerprint density at radius 3 is 2.23 bits per heavy atom. The van der Waals surface area contributed by atoms with Gasteiger partial charge >= 0.3 is 18.3 Å². The summed E-state index contributed by atoms with van der Waals surface area (Å²) in [5.41, 5.74) is 4.69. The molecule has 0 aromatic heterocycles. The van der Waals surface area contributed by atoms with Crippen LogP contribution in [-0.2, 0) is 37.4 Å². The molecule has 2 saturated heterocycles. The molecule has 16 nitrogen and oxygen atoms in total. The first-order chi connectivity index (χ1) is 31.2. The normalized spacial score (nSPS) is 26.4. The number of piperazine rings is 1. The molecule has 352 valence electrons. The lowest BCUT2D eigenvalue weighted by molar-refractivity contribution is -0.157. The van der Waals surface area contributed by atoms with Gasteiger partial charge in [-0.1, -0.05) is 6.07 Å². The van der Waals surface area contributed by atoms with Gasteiger partial charge in [-0.05, 0) is 133 Å². The van der Waals surface area contributed by atoms with Crippen molar-refractivity contribution in [2.75, 3.05) is 47.0 Å². The lowest BCUT2D eigenvalue weighted by Gasteiger charge is -2.62. The molecule has 0 saturated carbocycles. The summed E-state index contributed by atoms with van der Waals surface area (Å²) in [5.74, 6) is 2.00. The van der Waals surface area contributed by atoms with E-state index < -0.39 is 64.4 Å². The molecule has 0 radical (unpaired) electrons. The van der Waals surface area contributed by atoms with Crippen LogP contribution >= 0.6 is 11.8 Å². The van der Waals surface area contributed by atoms with Crippen molar-refractivity contribution in [2.24, 2.45) is 0 Å². The molecule has 7 aliphatic heterocycles. The fourth-order valence-corrected chi connectivity index (χ4v) is 12.8. The van der Waals surface area contributed by atoms with E-state index in [1.54, 1.807) is 72.5 Å². The zero-order valence-electron chi connectivity index (χ0n) is 39.6. The molecular formula is C49H58N4O12S. The van der Waals surface area contributed by atoms with Crippen molar-refractivity contribution in [3.8, 4) is 40.6 Å². The lowest BCUT2D eigenvalue weighted by atomic mass is 9.71. The number of ether oxygens (including phenoxy) is 9. The van der Waals surface area contributed by atoms with Crippen LogP contribution in [0.25, 0.3) is 0 Å². The largest absolute Gasteiger partial charge is 0.514 e. The average Bonchev–Trinajstić information content (AvgIpc) is 3.73. The van der Waals surface area contributed by atoms with Crippen LogP contribution in [0, 0.1) is 32.1 Å². The van der Waals surface area contributed by atoms with Crippen LogP contribution in [0.4, 0.5) is 9.59 Å². The molecule has 3 aromatic carbocycles. The Hall–Kier alpha value is -5.41. The van der Waals surface area contributed by atoms with E-state index in [1.807, 2.05) is 20.9 Å². The van der Waals surface area contributed by atoms with Crippen molar-refractivity contribution in [1.29, 1.82) is 5.26 Å². The number of nitrogens with one attached hydrogen (secondary N) is 1. The zero-order chi connectivity index (χ0) is 47.4. The van der Waals surface area contributed by atoms with Crippen LogP contribution in [0.15, 0.2) is 18.2 Å². The Kier molecular flexibility index (Phi) is 11.4. The van der Waals surface area contributed by atoms with E-state index in [2.05, 4.69) is 34.2 Å². The maximum Gasteiger partial charge on any atom is 0.514 e. The molecule has 17 heteroatoms. The van der Waals surface area contributed by atoms with Crippen molar-refractivity contribution < 1.29 is 57.0 Å². The summed E-state index contributed by atoms with van der Waals surface area (Å²) in [5, 5.41) is 14.5. The van der Waals surface area contributed by atoms with Crippen LogP contribution in [0.3, 0.4) is 0 Å². The predicted octanol–water partition coefficient (Wildman–Crippen LogP) is 7.59. The SMILES string of the molecule is COc1cc2c(cc1OC(=O)OC(C)(C)C)CCN[C@]21CS[C@@H]2c3c(C)c(C)c4c(c3[C@@H](COC1=O)N1C2[C@@H]2c3c(cc(C)c(OC)c3OC(=O)OC(C)(C)C)C[C@@H]([C@@H]1C#N)N2C)OCO4. The summed E-state index contributed by atoms with van der Waals surface area (Å²) in [7, 11) is 5.06. The van der Waals surface area contributed by atoms with Gasteiger partial charge in [0.2, 0.25) is 6.79 Å². The summed E-state index contributed by atoms with van der Waals surface area (Å²) in [6.07, 6.45) is -0.756. The Labute approximate surface area is 389 Å². The van der Waals surface area contributed by atoms with Crippen molar-refractivity contribution in [1.82, 2.24) is 15.1 Å². The third-order valence-corrected chi connectivity index (χ3v) is 15.2. The Morgan fingerprint density at radius 1 is 0.864 bits per heavy atom. The molecule has 7 aliphatic rings. The number of nitrogens with zero attached hydrogens (tertiary/aromatic N) is 3. The third-order valence-electron chi connectivity index (χ3n) is 13.7. The second-order valence-electron chi connectivity index (χ2n) is 19.9. The second kappa shape index (κ2) is 16.4. The van der Waals surface area contributed by atoms with Crippen LogP contribution in [0.1, 0.15) is 109 Å². The monoisotopic (exact) mass is 926 g/mol. The summed E-state index contributed by atoms with van der Waals surface area (Å²) < 4.78 is 54.1. The summed E-state index contributed by atoms with van der Waals surface area (Å²) in [4.78, 5) is 46.2. The highest BCUT2D eigenvalue weighted by atomic mass is 32.2. The highest BCUT2D eigenvalue weighted by Gasteiger charge is 2.61. The number of nitriles is 1. The number of rotatable bonds is 4. The minimum Gasteiger partial charge on any atom is -0.493 e. The molecule has 0 aliphatic carbocycles. The maximum absolute atomic E-state index is 15.1. The molecule has 10 rings (SSSR count). The molecule has 3 aromatic rings. The number of carbonyl (C=O) groups excluding carboxylic acids is 3. The van der Waals surface area contributed by atoms with Crippen molar-refractivity contribution in [2.45, 2.75) is 127 Å². The standard InChI is InChI=1S/C49H58N4O12S/c1-23-15-27-16-29-30(19-50)53-31-20-59-44(54)49(28-18-32(57-11)33(17-26(28)13-14-51-49)62-45(55)64-47(4,5)6)21-66-43(34-24(2)25(3)40-41(36(31)34)61-22-60-40)38(53)37(52(29)10)35(27)42(39(23)58-12)63-46(56)65-48(7,8)9/h15,17-18,29-31,37-38,43,51H,13-14,16,20-22H2,1-12H3/t29-,30-,31+,37-,38?,43+,49+/m0/s1. The van der Waals surface area contributed by atoms with Gasteiger partial charge in [-0.25, -0.2) is 14.4 Å². The van der Waals surface area contributed by atoms with Gasteiger partial charge in [0.25, 0.3) is 0 Å². The number of hydrogen-bond acceptors (Lipinski definition) is 17. The molecule has 1 unspecified atom stereocenters. The molecule has 4 bridgehead atoms. The minimum atomic E-state index is -1.38. The van der Waals surface area contributed by atoms with E-state index in [0.29, 0.717) is 42.2 Å². The van der Waals surface area contributed by atoms with Crippen molar-refractivity contribution in [3.63, 3.8) is 0 Å². The molecule has 1 spiro atoms. The number of benzene rings is 3. The van der Waals surface area contributed by atoms with E-state index in [9.17, 15) is 14.9 Å². The van der Waals surface area contributed by atoms with Crippen LogP contribution in [0.2, 0.25) is 0 Å². The Balaban J connectivity index is 1.24. The van der Waals surface area contributed by atoms with Gasteiger partial charge in [0.05, 0.1) is 32.4 Å². The average molecular weight is 927 g/mol. The molecule has 1 N–H and O–H groups in total. The first kappa shape index (κ1) is 45.7. The van der Waals surface area contributed by atoms with Gasteiger partial charge in [-0.3, -0.25) is 15.1 Å². The van der Waals surface area contributed by atoms with Gasteiger partial charge in [0.15, 0.2) is 40.0 Å². The maximum atomic E-state index is 15.1. The fraction of sp³-hybridized carbons (Fsp3) is 0.551. The molecule has 0 amide bonds. The van der Waals surface area contributed by atoms with Gasteiger partial charge in [0, 0.05) is 40.8 Å². The molecular weight excluding hydrogens is 869 g/mol. The Bertz CT molecular complexity index is 2580. The van der Waals surface area contributed by atoms with E-state index in [1.165, 1.54) is 7.11 Å². The molecule has 2 fully saturated rings. The van der Waals surface area contributed by atoms with Crippen molar-refractivity contribution >= 4 is 30.0 Å². The molecule has 66 heavy (non-hydrogen) atoms. The summed E-state index contributed by atoms with van der Waals surface area (Å²) in [6, 6.07) is 5.69. The van der Waals surface area contributed by atoms with Crippen LogP contribution in [-0.4, -0.2) is 104 Å². The van der Waals surface area contributed by atoms with Gasteiger partial charge in [0.1, 0.15) is 23.9 Å². The van der Waals surface area contributed by atoms with Crippen LogP contribution < -0.4 is 33.7 Å². The fourth-order valence-electron chi connectivity index (χ4n) is 11.0. The highest BCUT2D eigenvalue weighted by molar-refractivity contribution is 7.99. The lowest BCUT2D eigenvalue weighted by Crippen LogP contribution is -2.69. The second-order valence-corrected chi connectivity index (χ2v) is 21.0. The number of methoxy groups -OCH3 is 2. The topological polar surface area (TPSA) is 177 Å². The zero-order valence-corrected chi connectivity index (χ0v) is 40.4. The van der Waals surface area contributed by atoms with E-state index in [0.717, 1.165) is 44.5 Å². The number of likely N-dealkylation sites (N-methyl/N-ethyl adjacent to an activating group) is 1. The van der Waals surface area contributed by atoms with E-state index in [-0.39, 0.29) is 42.4 Å². The Morgan fingerprint density at radius 2 is 1.56 bits per heavy atom. The molecule has 7 atom stereocenters. The number of hydrogen-bond donors (Lipinski definition) is 1. The number of fused-ring (bicyclic) bond motifs is 9. The number of carbonyl (C=O) groups is 3. The van der Waals surface area contributed by atoms with Crippen LogP contribution in [0.5, 0.6) is 34.5 Å². The number of esters is 1. The van der Waals surface area contributed by atoms with Crippen molar-refractivity contribution in [3.05, 3.63) is 68.3 Å². The number of aryl methyl sites for hydroxylation is 1. The smallest absolute Gasteiger partial charge is 0.493 e. The first-order valence-corrected chi connectivity index (χ1v) is 23.4. The first-order valence-electron chi connectivity index (χ1n) is 22.3. The number of thioether (sulfide) groups is 1. The quantitative estimate of drug-likeness (QED) is 0.154. The molecule has 7 heterocycles. The van der Waals surface area contributed by atoms with Gasteiger partial charge < -0.3 is 42.6 Å². The predicted molar refractivity (Wildman–Crippen MR) is 242 cm³/mol. The van der Waals surface area contributed by atoms with Gasteiger partial charge in [-0.2, -0.15) is 5.26 Å². The van der Waals surface area contributed by atoms with E-state index in [4.69, 9.17) is 42.6 Å². The van der Waals surface area contributed by atoms with E-state index >= 15 is 4.79 Å².